The van der Waals surface area contributed by atoms with Crippen molar-refractivity contribution in [1.82, 2.24) is 10.2 Å². The number of nitrogens with one attached hydrogen (secondary N) is 2. The van der Waals surface area contributed by atoms with Crippen LogP contribution in [0.5, 0.6) is 0 Å². The second-order valence-corrected chi connectivity index (χ2v) is 4.60. The average molecular weight is 238 g/mol. The van der Waals surface area contributed by atoms with E-state index in [4.69, 9.17) is 5.73 Å². The summed E-state index contributed by atoms with van der Waals surface area (Å²) in [6.45, 7) is 6.20. The molecule has 1 unspecified atom stereocenters. The second-order valence-electron chi connectivity index (χ2n) is 4.60. The Morgan fingerprint density at radius 1 is 1.59 bits per heavy atom. The van der Waals surface area contributed by atoms with E-state index in [1.165, 1.54) is 0 Å². The smallest absolute Gasteiger partial charge is 0.242 e. The fourth-order valence-electron chi connectivity index (χ4n) is 1.47. The summed E-state index contributed by atoms with van der Waals surface area (Å²) in [4.78, 5) is 11.7. The van der Waals surface area contributed by atoms with Gasteiger partial charge < -0.3 is 11.1 Å². The van der Waals surface area contributed by atoms with E-state index in [1.54, 1.807) is 0 Å². The highest BCUT2D eigenvalue weighted by Gasteiger charge is 2.14. The molecule has 5 nitrogen and oxygen atoms in total. The quantitative estimate of drug-likeness (QED) is 0.708. The van der Waals surface area contributed by atoms with Gasteiger partial charge in [0.05, 0.1) is 6.04 Å². The molecule has 1 rings (SSSR count). The van der Waals surface area contributed by atoms with Crippen molar-refractivity contribution in [1.29, 1.82) is 0 Å². The largest absolute Gasteiger partial charge is 0.320 e. The number of hydrogen-bond acceptors (Lipinski definition) is 3. The molecule has 1 atom stereocenters. The van der Waals surface area contributed by atoms with Crippen molar-refractivity contribution < 1.29 is 4.79 Å². The van der Waals surface area contributed by atoms with Gasteiger partial charge in [-0.25, -0.2) is 0 Å². The molecular weight excluding hydrogens is 216 g/mol. The molecule has 1 heterocycles. The number of hydrogen-bond donors (Lipinski definition) is 3. The van der Waals surface area contributed by atoms with Crippen LogP contribution in [-0.4, -0.2) is 22.1 Å². The van der Waals surface area contributed by atoms with Crippen molar-refractivity contribution in [3.05, 3.63) is 11.8 Å². The standard InChI is InChI=1S/C12H22N4O/c1-4-5-6-9(13)12(17)14-11-7-10(8(2)3)15-16-11/h7-9H,4-6,13H2,1-3H3,(H2,14,15,16,17). The summed E-state index contributed by atoms with van der Waals surface area (Å²) < 4.78 is 0. The van der Waals surface area contributed by atoms with Crippen molar-refractivity contribution in [2.24, 2.45) is 5.73 Å². The number of nitrogens with zero attached hydrogens (tertiary/aromatic N) is 1. The Kier molecular flexibility index (Phi) is 5.15. The van der Waals surface area contributed by atoms with Crippen LogP contribution in [0.25, 0.3) is 0 Å². The number of H-pyrrole nitrogens is 1. The zero-order valence-corrected chi connectivity index (χ0v) is 10.8. The van der Waals surface area contributed by atoms with Crippen LogP contribution in [0.1, 0.15) is 51.6 Å². The number of anilines is 1. The molecule has 0 spiro atoms. The van der Waals surface area contributed by atoms with Crippen LogP contribution in [0.15, 0.2) is 6.07 Å². The summed E-state index contributed by atoms with van der Waals surface area (Å²) in [6.07, 6.45) is 2.72. The van der Waals surface area contributed by atoms with Gasteiger partial charge in [-0.15, -0.1) is 0 Å². The summed E-state index contributed by atoms with van der Waals surface area (Å²) in [6, 6.07) is 1.39. The molecule has 0 fully saturated rings. The number of aromatic amines is 1. The molecule has 4 N–H and O–H groups in total. The van der Waals surface area contributed by atoms with Gasteiger partial charge in [0.15, 0.2) is 5.82 Å². The lowest BCUT2D eigenvalue weighted by Gasteiger charge is -2.09. The monoisotopic (exact) mass is 238 g/mol. The van der Waals surface area contributed by atoms with Gasteiger partial charge in [-0.1, -0.05) is 33.6 Å². The zero-order valence-electron chi connectivity index (χ0n) is 10.8. The van der Waals surface area contributed by atoms with E-state index in [1.807, 2.05) is 6.07 Å². The lowest BCUT2D eigenvalue weighted by molar-refractivity contribution is -0.117. The van der Waals surface area contributed by atoms with Crippen molar-refractivity contribution in [2.45, 2.75) is 52.0 Å². The minimum Gasteiger partial charge on any atom is -0.320 e. The first-order chi connectivity index (χ1) is 8.04. The van der Waals surface area contributed by atoms with Gasteiger partial charge in [0, 0.05) is 11.8 Å². The molecule has 1 amide bonds. The van der Waals surface area contributed by atoms with E-state index in [-0.39, 0.29) is 5.91 Å². The Hall–Kier alpha value is -1.36. The fourth-order valence-corrected chi connectivity index (χ4v) is 1.47. The molecule has 1 aromatic heterocycles. The van der Waals surface area contributed by atoms with Crippen LogP contribution < -0.4 is 11.1 Å². The number of nitrogens with two attached hydrogens (primary N) is 1. The van der Waals surface area contributed by atoms with Gasteiger partial charge in [0.25, 0.3) is 0 Å². The third-order valence-electron chi connectivity index (χ3n) is 2.68. The van der Waals surface area contributed by atoms with Gasteiger partial charge in [-0.3, -0.25) is 9.89 Å². The molecule has 96 valence electrons. The minimum atomic E-state index is -0.450. The van der Waals surface area contributed by atoms with Gasteiger partial charge in [-0.05, 0) is 12.3 Å². The van der Waals surface area contributed by atoms with Gasteiger partial charge in [0.1, 0.15) is 0 Å². The first-order valence-electron chi connectivity index (χ1n) is 6.16. The van der Waals surface area contributed by atoms with Crippen LogP contribution in [0.4, 0.5) is 5.82 Å². The summed E-state index contributed by atoms with van der Waals surface area (Å²) in [5.74, 6) is 0.743. The number of aromatic nitrogens is 2. The Bertz CT molecular complexity index is 359. The maximum absolute atomic E-state index is 11.7. The molecule has 0 saturated carbocycles. The van der Waals surface area contributed by atoms with E-state index in [0.29, 0.717) is 18.2 Å². The van der Waals surface area contributed by atoms with Crippen molar-refractivity contribution in [3.63, 3.8) is 0 Å². The van der Waals surface area contributed by atoms with E-state index in [9.17, 15) is 4.79 Å². The SMILES string of the molecule is CCCCC(N)C(=O)Nc1cc(C(C)C)[nH]n1. The summed E-state index contributed by atoms with van der Waals surface area (Å²) in [5.41, 5.74) is 6.77. The first-order valence-corrected chi connectivity index (χ1v) is 6.16. The van der Waals surface area contributed by atoms with Crippen molar-refractivity contribution in [2.75, 3.05) is 5.32 Å². The van der Waals surface area contributed by atoms with Crippen molar-refractivity contribution in [3.8, 4) is 0 Å². The zero-order chi connectivity index (χ0) is 12.8. The summed E-state index contributed by atoms with van der Waals surface area (Å²) in [5, 5.41) is 9.63. The molecule has 0 aromatic carbocycles. The number of carbonyl (C=O) groups excluding carboxylic acids is 1. The van der Waals surface area contributed by atoms with Crippen LogP contribution in [0.2, 0.25) is 0 Å². The van der Waals surface area contributed by atoms with Gasteiger partial charge in [0.2, 0.25) is 5.91 Å². The highest BCUT2D eigenvalue weighted by atomic mass is 16.2. The van der Waals surface area contributed by atoms with Crippen LogP contribution in [0.3, 0.4) is 0 Å². The van der Waals surface area contributed by atoms with Gasteiger partial charge in [-0.2, -0.15) is 5.10 Å². The van der Waals surface area contributed by atoms with Crippen LogP contribution in [0, 0.1) is 0 Å². The third-order valence-corrected chi connectivity index (χ3v) is 2.68. The molecule has 0 aliphatic carbocycles. The summed E-state index contributed by atoms with van der Waals surface area (Å²) in [7, 11) is 0. The molecule has 1 aromatic rings. The van der Waals surface area contributed by atoms with Gasteiger partial charge >= 0.3 is 0 Å². The van der Waals surface area contributed by atoms with Crippen LogP contribution >= 0.6 is 0 Å². The number of amides is 1. The highest BCUT2D eigenvalue weighted by Crippen LogP contribution is 2.14. The number of rotatable bonds is 6. The number of carbonyl (C=O) groups is 1. The Morgan fingerprint density at radius 2 is 2.29 bits per heavy atom. The maximum atomic E-state index is 11.7. The predicted octanol–water partition coefficient (Wildman–Crippen LogP) is 1.99. The normalized spacial score (nSPS) is 12.8. The molecule has 0 radical (unpaired) electrons. The Balaban J connectivity index is 2.49. The van der Waals surface area contributed by atoms with E-state index in [0.717, 1.165) is 18.5 Å². The summed E-state index contributed by atoms with van der Waals surface area (Å²) >= 11 is 0. The molecule has 0 aliphatic rings. The average Bonchev–Trinajstić information content (AvgIpc) is 2.74. The molecule has 5 heteroatoms. The molecule has 0 saturated heterocycles. The third kappa shape index (κ3) is 4.19. The number of unbranched alkanes of at least 4 members (excludes halogenated alkanes) is 1. The lowest BCUT2D eigenvalue weighted by Crippen LogP contribution is -2.35. The highest BCUT2D eigenvalue weighted by molar-refractivity contribution is 5.93. The first kappa shape index (κ1) is 13.7. The maximum Gasteiger partial charge on any atom is 0.242 e. The Morgan fingerprint density at radius 3 is 2.82 bits per heavy atom. The van der Waals surface area contributed by atoms with Crippen LogP contribution in [-0.2, 0) is 4.79 Å². The van der Waals surface area contributed by atoms with E-state index in [2.05, 4.69) is 36.3 Å². The molecule has 17 heavy (non-hydrogen) atoms. The minimum absolute atomic E-state index is 0.166. The topological polar surface area (TPSA) is 83.8 Å². The molecular formula is C12H22N4O. The second kappa shape index (κ2) is 6.39. The molecule has 0 aliphatic heterocycles. The van der Waals surface area contributed by atoms with Crippen molar-refractivity contribution >= 4 is 11.7 Å². The lowest BCUT2D eigenvalue weighted by atomic mass is 10.1. The fraction of sp³-hybridized carbons (Fsp3) is 0.667. The van der Waals surface area contributed by atoms with E-state index >= 15 is 0 Å². The predicted molar refractivity (Wildman–Crippen MR) is 68.8 cm³/mol. The molecule has 0 bridgehead atoms. The van der Waals surface area contributed by atoms with E-state index < -0.39 is 6.04 Å². The Labute approximate surface area is 102 Å².